The van der Waals surface area contributed by atoms with Gasteiger partial charge in [0.2, 0.25) is 5.88 Å². The van der Waals surface area contributed by atoms with Gasteiger partial charge in [-0.1, -0.05) is 6.42 Å². The van der Waals surface area contributed by atoms with Gasteiger partial charge in [-0.05, 0) is 56.1 Å². The summed E-state index contributed by atoms with van der Waals surface area (Å²) in [5.41, 5.74) is 6.50. The summed E-state index contributed by atoms with van der Waals surface area (Å²) in [6, 6.07) is 3.73. The zero-order chi connectivity index (χ0) is 14.7. The maximum Gasteiger partial charge on any atom is 0.239 e. The maximum atomic E-state index is 9.71. The molecule has 2 unspecified atom stereocenters. The van der Waals surface area contributed by atoms with Crippen LogP contribution in [0.2, 0.25) is 0 Å². The van der Waals surface area contributed by atoms with Crippen molar-refractivity contribution >= 4 is 11.5 Å². The van der Waals surface area contributed by atoms with Crippen LogP contribution < -0.4 is 15.8 Å². The summed E-state index contributed by atoms with van der Waals surface area (Å²) < 4.78 is 5.69. The number of pyridine rings is 1. The lowest BCUT2D eigenvalue weighted by Crippen LogP contribution is -2.25. The number of aromatic nitrogens is 1. The monoisotopic (exact) mass is 291 g/mol. The van der Waals surface area contributed by atoms with Gasteiger partial charge in [0.1, 0.15) is 5.82 Å². The zero-order valence-electron chi connectivity index (χ0n) is 12.4. The number of hydrogen-bond donors (Lipinski definition) is 3. The number of ether oxygens (including phenoxy) is 1. The Kier molecular flexibility index (Phi) is 4.48. The first-order chi connectivity index (χ1) is 10.2. The molecule has 5 nitrogen and oxygen atoms in total. The molecule has 1 aromatic rings. The Labute approximate surface area is 125 Å². The van der Waals surface area contributed by atoms with E-state index in [1.807, 2.05) is 12.1 Å². The molecule has 0 spiro atoms. The fourth-order valence-corrected chi connectivity index (χ4v) is 2.84. The maximum absolute atomic E-state index is 9.71. The Morgan fingerprint density at radius 3 is 2.86 bits per heavy atom. The van der Waals surface area contributed by atoms with E-state index >= 15 is 0 Å². The van der Waals surface area contributed by atoms with Crippen LogP contribution in [0.25, 0.3) is 0 Å². The molecule has 2 atom stereocenters. The van der Waals surface area contributed by atoms with Crippen LogP contribution in [0.5, 0.6) is 5.88 Å². The second kappa shape index (κ2) is 6.52. The summed E-state index contributed by atoms with van der Waals surface area (Å²) in [6.07, 6.45) is 6.47. The molecule has 2 aliphatic rings. The third-order valence-corrected chi connectivity index (χ3v) is 4.37. The molecule has 0 saturated heterocycles. The molecule has 5 heteroatoms. The van der Waals surface area contributed by atoms with Crippen molar-refractivity contribution in [2.45, 2.75) is 44.6 Å². The van der Waals surface area contributed by atoms with Gasteiger partial charge < -0.3 is 20.9 Å². The second-order valence-electron chi connectivity index (χ2n) is 6.41. The largest absolute Gasteiger partial charge is 0.476 e. The van der Waals surface area contributed by atoms with E-state index in [1.54, 1.807) is 0 Å². The molecule has 2 fully saturated rings. The number of nitrogen functional groups attached to an aromatic ring is 1. The standard InChI is InChI=1S/C16H25N3O2/c17-14-6-7-15(19-16(14)21-10-11-4-5-11)18-9-12-2-1-3-13(20)8-12/h6-7,11-13,20H,1-5,8-10,17H2,(H,18,19). The van der Waals surface area contributed by atoms with Crippen LogP contribution in [0.1, 0.15) is 38.5 Å². The number of rotatable bonds is 6. The summed E-state index contributed by atoms with van der Waals surface area (Å²) in [5, 5.41) is 13.1. The van der Waals surface area contributed by atoms with Gasteiger partial charge in [-0.2, -0.15) is 4.98 Å². The van der Waals surface area contributed by atoms with Crippen molar-refractivity contribution in [1.82, 2.24) is 4.98 Å². The Morgan fingerprint density at radius 1 is 1.24 bits per heavy atom. The van der Waals surface area contributed by atoms with Crippen molar-refractivity contribution < 1.29 is 9.84 Å². The molecule has 2 saturated carbocycles. The number of hydrogen-bond acceptors (Lipinski definition) is 5. The molecule has 2 aliphatic carbocycles. The predicted octanol–water partition coefficient (Wildman–Crippen LogP) is 2.42. The van der Waals surface area contributed by atoms with Gasteiger partial charge in [0.05, 0.1) is 18.4 Å². The number of aliphatic hydroxyl groups is 1. The predicted molar refractivity (Wildman–Crippen MR) is 83.3 cm³/mol. The van der Waals surface area contributed by atoms with E-state index in [1.165, 1.54) is 19.3 Å². The smallest absolute Gasteiger partial charge is 0.239 e. The third-order valence-electron chi connectivity index (χ3n) is 4.37. The highest BCUT2D eigenvalue weighted by molar-refractivity contribution is 5.53. The molecule has 0 aliphatic heterocycles. The lowest BCUT2D eigenvalue weighted by Gasteiger charge is -2.26. The SMILES string of the molecule is Nc1ccc(NCC2CCCC(O)C2)nc1OCC1CC1. The lowest BCUT2D eigenvalue weighted by atomic mass is 9.87. The van der Waals surface area contributed by atoms with Crippen LogP contribution in [0.4, 0.5) is 11.5 Å². The molecular weight excluding hydrogens is 266 g/mol. The molecule has 0 aromatic carbocycles. The van der Waals surface area contributed by atoms with Gasteiger partial charge in [-0.3, -0.25) is 0 Å². The van der Waals surface area contributed by atoms with E-state index in [2.05, 4.69) is 10.3 Å². The number of nitrogens with one attached hydrogen (secondary N) is 1. The minimum absolute atomic E-state index is 0.137. The average Bonchev–Trinajstić information content (AvgIpc) is 3.29. The summed E-state index contributed by atoms with van der Waals surface area (Å²) in [7, 11) is 0. The second-order valence-corrected chi connectivity index (χ2v) is 6.41. The van der Waals surface area contributed by atoms with E-state index in [-0.39, 0.29) is 6.10 Å². The Hall–Kier alpha value is -1.49. The number of anilines is 2. The van der Waals surface area contributed by atoms with E-state index in [0.717, 1.165) is 38.2 Å². The summed E-state index contributed by atoms with van der Waals surface area (Å²) in [6.45, 7) is 1.56. The first kappa shape index (κ1) is 14.4. The molecule has 4 N–H and O–H groups in total. The van der Waals surface area contributed by atoms with E-state index < -0.39 is 0 Å². The van der Waals surface area contributed by atoms with Crippen molar-refractivity contribution in [2.75, 3.05) is 24.2 Å². The van der Waals surface area contributed by atoms with Crippen LogP contribution in [0.3, 0.4) is 0 Å². The molecule has 0 amide bonds. The van der Waals surface area contributed by atoms with Crippen LogP contribution in [0, 0.1) is 11.8 Å². The van der Waals surface area contributed by atoms with Crippen LogP contribution in [-0.2, 0) is 0 Å². The Morgan fingerprint density at radius 2 is 2.10 bits per heavy atom. The van der Waals surface area contributed by atoms with E-state index in [4.69, 9.17) is 10.5 Å². The lowest BCUT2D eigenvalue weighted by molar-refractivity contribution is 0.104. The minimum Gasteiger partial charge on any atom is -0.476 e. The Bertz CT molecular complexity index is 477. The number of nitrogens with zero attached hydrogens (tertiary/aromatic N) is 1. The Balaban J connectivity index is 1.53. The molecule has 3 rings (SSSR count). The fourth-order valence-electron chi connectivity index (χ4n) is 2.84. The van der Waals surface area contributed by atoms with Crippen molar-refractivity contribution in [3.05, 3.63) is 12.1 Å². The zero-order valence-corrected chi connectivity index (χ0v) is 12.4. The number of nitrogens with two attached hydrogens (primary N) is 1. The molecule has 21 heavy (non-hydrogen) atoms. The molecule has 116 valence electrons. The fraction of sp³-hybridized carbons (Fsp3) is 0.688. The molecule has 0 radical (unpaired) electrons. The van der Waals surface area contributed by atoms with Crippen LogP contribution in [0.15, 0.2) is 12.1 Å². The molecular formula is C16H25N3O2. The quantitative estimate of drug-likeness (QED) is 0.750. The minimum atomic E-state index is -0.137. The van der Waals surface area contributed by atoms with Gasteiger partial charge in [0.25, 0.3) is 0 Å². The van der Waals surface area contributed by atoms with Crippen molar-refractivity contribution in [3.8, 4) is 5.88 Å². The van der Waals surface area contributed by atoms with Gasteiger partial charge in [0, 0.05) is 6.54 Å². The van der Waals surface area contributed by atoms with Crippen LogP contribution >= 0.6 is 0 Å². The van der Waals surface area contributed by atoms with E-state index in [9.17, 15) is 5.11 Å². The van der Waals surface area contributed by atoms with Crippen molar-refractivity contribution in [1.29, 1.82) is 0 Å². The summed E-state index contributed by atoms with van der Waals surface area (Å²) >= 11 is 0. The van der Waals surface area contributed by atoms with E-state index in [0.29, 0.717) is 23.4 Å². The topological polar surface area (TPSA) is 80.4 Å². The number of aliphatic hydroxyl groups excluding tert-OH is 1. The van der Waals surface area contributed by atoms with Gasteiger partial charge in [-0.15, -0.1) is 0 Å². The summed E-state index contributed by atoms with van der Waals surface area (Å²) in [4.78, 5) is 4.45. The highest BCUT2D eigenvalue weighted by atomic mass is 16.5. The molecule has 0 bridgehead atoms. The van der Waals surface area contributed by atoms with Crippen LogP contribution in [-0.4, -0.2) is 29.3 Å². The highest BCUT2D eigenvalue weighted by Crippen LogP contribution is 2.31. The van der Waals surface area contributed by atoms with Crippen molar-refractivity contribution in [2.24, 2.45) is 11.8 Å². The first-order valence-corrected chi connectivity index (χ1v) is 8.02. The average molecular weight is 291 g/mol. The highest BCUT2D eigenvalue weighted by Gasteiger charge is 2.23. The van der Waals surface area contributed by atoms with Gasteiger partial charge in [0.15, 0.2) is 0 Å². The first-order valence-electron chi connectivity index (χ1n) is 8.02. The van der Waals surface area contributed by atoms with Crippen molar-refractivity contribution in [3.63, 3.8) is 0 Å². The van der Waals surface area contributed by atoms with Gasteiger partial charge in [-0.25, -0.2) is 0 Å². The normalized spacial score (nSPS) is 25.6. The molecule has 1 heterocycles. The van der Waals surface area contributed by atoms with Gasteiger partial charge >= 0.3 is 0 Å². The summed E-state index contributed by atoms with van der Waals surface area (Å²) in [5.74, 6) is 2.54. The third kappa shape index (κ3) is 4.24. The molecule has 1 aromatic heterocycles.